The van der Waals surface area contributed by atoms with Gasteiger partial charge in [0.25, 0.3) is 0 Å². The third-order valence-corrected chi connectivity index (χ3v) is 5.78. The first-order chi connectivity index (χ1) is 11.0. The van der Waals surface area contributed by atoms with Crippen LogP contribution in [-0.4, -0.2) is 18.4 Å². The van der Waals surface area contributed by atoms with Crippen LogP contribution < -0.4 is 0 Å². The van der Waals surface area contributed by atoms with E-state index < -0.39 is 5.97 Å². The van der Waals surface area contributed by atoms with Crippen molar-refractivity contribution in [1.29, 1.82) is 0 Å². The molecule has 1 aromatic heterocycles. The average Bonchev–Trinajstić information content (AvgIpc) is 2.96. The van der Waals surface area contributed by atoms with Crippen molar-refractivity contribution in [2.75, 3.05) is 6.61 Å². The number of fused-ring (bicyclic) bond motifs is 1. The van der Waals surface area contributed by atoms with Crippen LogP contribution in [0, 0.1) is 5.92 Å². The van der Waals surface area contributed by atoms with Crippen molar-refractivity contribution in [2.45, 2.75) is 26.2 Å². The summed E-state index contributed by atoms with van der Waals surface area (Å²) in [5, 5.41) is 0. The van der Waals surface area contributed by atoms with Gasteiger partial charge in [-0.05, 0) is 48.9 Å². The summed E-state index contributed by atoms with van der Waals surface area (Å²) in [4.78, 5) is 26.1. The highest BCUT2D eigenvalue weighted by Crippen LogP contribution is 2.32. The monoisotopic (exact) mass is 392 g/mol. The van der Waals surface area contributed by atoms with Crippen molar-refractivity contribution < 1.29 is 14.3 Å². The number of hydrogen-bond acceptors (Lipinski definition) is 4. The predicted octanol–water partition coefficient (Wildman–Crippen LogP) is 4.68. The molecular weight excluding hydrogens is 376 g/mol. The van der Waals surface area contributed by atoms with Crippen LogP contribution in [0.1, 0.15) is 43.8 Å². The summed E-state index contributed by atoms with van der Waals surface area (Å²) in [6.45, 7) is 2.01. The minimum atomic E-state index is -0.400. The summed E-state index contributed by atoms with van der Waals surface area (Å²) >= 11 is 4.83. The van der Waals surface area contributed by atoms with Crippen LogP contribution in [0.25, 0.3) is 0 Å². The van der Waals surface area contributed by atoms with Crippen molar-refractivity contribution >= 4 is 39.0 Å². The quantitative estimate of drug-likeness (QED) is 0.560. The van der Waals surface area contributed by atoms with Crippen LogP contribution in [0.5, 0.6) is 0 Å². The maximum atomic E-state index is 12.2. The van der Waals surface area contributed by atoms with Gasteiger partial charge in [0.2, 0.25) is 0 Å². The fraction of sp³-hybridized carbons (Fsp3) is 0.333. The molecule has 0 unspecified atom stereocenters. The molecule has 1 aromatic carbocycles. The number of carbonyl (C=O) groups is 2. The van der Waals surface area contributed by atoms with Crippen LogP contribution in [0.15, 0.2) is 34.8 Å². The number of rotatable bonds is 4. The van der Waals surface area contributed by atoms with Gasteiger partial charge >= 0.3 is 5.97 Å². The molecule has 3 nitrogen and oxygen atoms in total. The number of halogens is 1. The molecule has 1 heterocycles. The van der Waals surface area contributed by atoms with Gasteiger partial charge in [-0.3, -0.25) is 4.79 Å². The van der Waals surface area contributed by atoms with Crippen LogP contribution in [0.4, 0.5) is 0 Å². The van der Waals surface area contributed by atoms with Gasteiger partial charge in [0.15, 0.2) is 12.4 Å². The standard InChI is InChI=1S/C18H17BrO3S/c1-11-2-7-16-13(8-11)9-17(23-16)18(21)22-10-15(20)12-3-5-14(19)6-4-12/h3-6,9,11H,2,7-8,10H2,1H3/t11-/m0/s1. The van der Waals surface area contributed by atoms with E-state index >= 15 is 0 Å². The third-order valence-electron chi connectivity index (χ3n) is 4.03. The molecule has 1 aliphatic carbocycles. The van der Waals surface area contributed by atoms with E-state index in [9.17, 15) is 9.59 Å². The number of thiophene rings is 1. The van der Waals surface area contributed by atoms with Crippen molar-refractivity contribution in [3.63, 3.8) is 0 Å². The summed E-state index contributed by atoms with van der Waals surface area (Å²) in [5.74, 6) is 0.0725. The third kappa shape index (κ3) is 3.90. The van der Waals surface area contributed by atoms with Crippen molar-refractivity contribution in [3.05, 3.63) is 55.7 Å². The molecular formula is C18H17BrO3S. The second kappa shape index (κ2) is 6.97. The molecule has 0 amide bonds. The Morgan fingerprint density at radius 2 is 2.04 bits per heavy atom. The topological polar surface area (TPSA) is 43.4 Å². The molecule has 2 aromatic rings. The fourth-order valence-corrected chi connectivity index (χ4v) is 4.09. The molecule has 23 heavy (non-hydrogen) atoms. The minimum absolute atomic E-state index is 0.194. The molecule has 0 saturated carbocycles. The predicted molar refractivity (Wildman–Crippen MR) is 94.3 cm³/mol. The van der Waals surface area contributed by atoms with Gasteiger partial charge in [-0.15, -0.1) is 11.3 Å². The Hall–Kier alpha value is -1.46. The smallest absolute Gasteiger partial charge is 0.348 e. The molecule has 120 valence electrons. The number of esters is 1. The summed E-state index contributed by atoms with van der Waals surface area (Å²) < 4.78 is 6.10. The number of benzene rings is 1. The summed E-state index contributed by atoms with van der Waals surface area (Å²) in [5.41, 5.74) is 1.81. The van der Waals surface area contributed by atoms with Gasteiger partial charge in [0.1, 0.15) is 4.88 Å². The first-order valence-corrected chi connectivity index (χ1v) is 9.21. The summed E-state index contributed by atoms with van der Waals surface area (Å²) in [7, 11) is 0. The highest BCUT2D eigenvalue weighted by molar-refractivity contribution is 9.10. The van der Waals surface area contributed by atoms with E-state index in [1.54, 1.807) is 24.3 Å². The number of aryl methyl sites for hydroxylation is 1. The number of ether oxygens (including phenoxy) is 1. The SMILES string of the molecule is C[C@H]1CCc2sc(C(=O)OCC(=O)c3ccc(Br)cc3)cc2C1. The molecule has 0 radical (unpaired) electrons. The Balaban J connectivity index is 1.61. The van der Waals surface area contributed by atoms with E-state index in [-0.39, 0.29) is 12.4 Å². The second-order valence-electron chi connectivity index (χ2n) is 5.91. The zero-order valence-electron chi connectivity index (χ0n) is 12.8. The molecule has 0 N–H and O–H groups in total. The van der Waals surface area contributed by atoms with Gasteiger partial charge in [0.05, 0.1) is 0 Å². The molecule has 0 spiro atoms. The van der Waals surface area contributed by atoms with Crippen molar-refractivity contribution in [1.82, 2.24) is 0 Å². The Kier molecular flexibility index (Phi) is 4.97. The number of ketones is 1. The van der Waals surface area contributed by atoms with Crippen LogP contribution >= 0.6 is 27.3 Å². The molecule has 0 fully saturated rings. The molecule has 0 aliphatic heterocycles. The van der Waals surface area contributed by atoms with E-state index in [1.807, 2.05) is 6.07 Å². The normalized spacial score (nSPS) is 16.7. The number of hydrogen-bond donors (Lipinski definition) is 0. The lowest BCUT2D eigenvalue weighted by atomic mass is 9.90. The summed E-state index contributed by atoms with van der Waals surface area (Å²) in [6.07, 6.45) is 3.23. The van der Waals surface area contributed by atoms with E-state index in [1.165, 1.54) is 28.2 Å². The average molecular weight is 393 g/mol. The van der Waals surface area contributed by atoms with Gasteiger partial charge in [-0.1, -0.05) is 35.0 Å². The number of Topliss-reactive ketones (excluding diaryl/α,β-unsaturated/α-hetero) is 1. The van der Waals surface area contributed by atoms with Crippen LogP contribution in [0.3, 0.4) is 0 Å². The van der Waals surface area contributed by atoms with E-state index in [2.05, 4.69) is 22.9 Å². The second-order valence-corrected chi connectivity index (χ2v) is 7.97. The van der Waals surface area contributed by atoms with Gasteiger partial charge in [-0.25, -0.2) is 4.79 Å². The highest BCUT2D eigenvalue weighted by atomic mass is 79.9. The lowest BCUT2D eigenvalue weighted by Gasteiger charge is -2.16. The Morgan fingerprint density at radius 1 is 1.30 bits per heavy atom. The summed E-state index contributed by atoms with van der Waals surface area (Å²) in [6, 6.07) is 8.95. The van der Waals surface area contributed by atoms with Gasteiger partial charge in [0, 0.05) is 14.9 Å². The zero-order chi connectivity index (χ0) is 16.4. The Morgan fingerprint density at radius 3 is 2.78 bits per heavy atom. The Bertz CT molecular complexity index is 733. The molecule has 3 rings (SSSR count). The molecule has 0 bridgehead atoms. The maximum Gasteiger partial charge on any atom is 0.348 e. The first kappa shape index (κ1) is 16.4. The molecule has 0 saturated heterocycles. The largest absolute Gasteiger partial charge is 0.453 e. The Labute approximate surface area is 147 Å². The van der Waals surface area contributed by atoms with E-state index in [0.29, 0.717) is 16.4 Å². The van der Waals surface area contributed by atoms with Gasteiger partial charge in [-0.2, -0.15) is 0 Å². The van der Waals surface area contributed by atoms with Crippen LogP contribution in [-0.2, 0) is 17.6 Å². The minimum Gasteiger partial charge on any atom is -0.453 e. The zero-order valence-corrected chi connectivity index (χ0v) is 15.2. The lowest BCUT2D eigenvalue weighted by molar-refractivity contribution is 0.0479. The van der Waals surface area contributed by atoms with E-state index in [0.717, 1.165) is 17.3 Å². The highest BCUT2D eigenvalue weighted by Gasteiger charge is 2.21. The van der Waals surface area contributed by atoms with Crippen molar-refractivity contribution in [2.24, 2.45) is 5.92 Å². The van der Waals surface area contributed by atoms with E-state index in [4.69, 9.17) is 4.74 Å². The molecule has 5 heteroatoms. The van der Waals surface area contributed by atoms with Crippen LogP contribution in [0.2, 0.25) is 0 Å². The van der Waals surface area contributed by atoms with Crippen molar-refractivity contribution in [3.8, 4) is 0 Å². The fourth-order valence-electron chi connectivity index (χ4n) is 2.73. The maximum absolute atomic E-state index is 12.2. The molecule has 1 aliphatic rings. The molecule has 1 atom stereocenters. The van der Waals surface area contributed by atoms with Gasteiger partial charge < -0.3 is 4.74 Å². The number of carbonyl (C=O) groups excluding carboxylic acids is 2. The lowest BCUT2D eigenvalue weighted by Crippen LogP contribution is -2.13. The first-order valence-electron chi connectivity index (χ1n) is 7.60.